The van der Waals surface area contributed by atoms with E-state index in [0.29, 0.717) is 38.0 Å². The minimum atomic E-state index is -3.42. The summed E-state index contributed by atoms with van der Waals surface area (Å²) >= 11 is 6.76. The van der Waals surface area contributed by atoms with Crippen LogP contribution in [0, 0.1) is 11.8 Å². The Bertz CT molecular complexity index is 690. The van der Waals surface area contributed by atoms with Crippen molar-refractivity contribution < 1.29 is 17.9 Å². The van der Waals surface area contributed by atoms with Crippen molar-refractivity contribution >= 4 is 27.5 Å². The Morgan fingerprint density at radius 1 is 1.17 bits per heavy atom. The molecule has 1 saturated heterocycles. The lowest BCUT2D eigenvalue weighted by Gasteiger charge is -2.43. The number of nitrogens with zero attached hydrogens (tertiary/aromatic N) is 2. The van der Waals surface area contributed by atoms with Crippen LogP contribution in [0.2, 0.25) is 0 Å². The van der Waals surface area contributed by atoms with Crippen LogP contribution in [0.15, 0.2) is 12.0 Å². The van der Waals surface area contributed by atoms with E-state index in [1.54, 1.807) is 12.0 Å². The number of amides is 1. The number of hydrogen-bond donors (Lipinski definition) is 1. The quantitative estimate of drug-likeness (QED) is 0.588. The van der Waals surface area contributed by atoms with Crippen molar-refractivity contribution in [1.29, 1.82) is 0 Å². The molecule has 1 amide bonds. The molecule has 1 aliphatic heterocycles. The maximum atomic E-state index is 12.7. The maximum absolute atomic E-state index is 12.7. The molecule has 3 aliphatic rings. The molecule has 0 aromatic heterocycles. The van der Waals surface area contributed by atoms with E-state index in [1.165, 1.54) is 36.4 Å². The predicted molar refractivity (Wildman–Crippen MR) is 119 cm³/mol. The van der Waals surface area contributed by atoms with Crippen molar-refractivity contribution in [2.24, 2.45) is 11.8 Å². The second kappa shape index (κ2) is 10.8. The van der Waals surface area contributed by atoms with Gasteiger partial charge in [0.2, 0.25) is 15.9 Å². The van der Waals surface area contributed by atoms with Crippen molar-refractivity contribution in [3.8, 4) is 0 Å². The van der Waals surface area contributed by atoms with Gasteiger partial charge in [0, 0.05) is 50.1 Å². The van der Waals surface area contributed by atoms with Gasteiger partial charge in [-0.05, 0) is 24.7 Å². The van der Waals surface area contributed by atoms with Crippen molar-refractivity contribution in [3.63, 3.8) is 0 Å². The number of alkyl halides is 1. The van der Waals surface area contributed by atoms with E-state index in [2.05, 4.69) is 11.9 Å². The fourth-order valence-corrected chi connectivity index (χ4v) is 6.67. The second-order valence-corrected chi connectivity index (χ2v) is 11.2. The molecule has 0 bridgehead atoms. The van der Waals surface area contributed by atoms with Crippen LogP contribution >= 0.6 is 11.6 Å². The molecule has 0 spiro atoms. The van der Waals surface area contributed by atoms with Gasteiger partial charge >= 0.3 is 0 Å². The second-order valence-electron chi connectivity index (χ2n) is 8.80. The molecule has 3 rings (SSSR count). The molecular formula is C21H36ClN3O4S. The minimum absolute atomic E-state index is 0.00252. The molecule has 1 N–H and O–H groups in total. The number of piperazine rings is 1. The normalized spacial score (nSPS) is 32.1. The molecule has 2 aliphatic carbocycles. The molecule has 4 unspecified atom stereocenters. The highest BCUT2D eigenvalue weighted by atomic mass is 35.5. The Morgan fingerprint density at radius 3 is 2.43 bits per heavy atom. The van der Waals surface area contributed by atoms with Gasteiger partial charge in [-0.3, -0.25) is 4.79 Å². The van der Waals surface area contributed by atoms with E-state index in [4.69, 9.17) is 16.3 Å². The molecule has 4 atom stereocenters. The number of rotatable bonds is 7. The third-order valence-electron chi connectivity index (χ3n) is 7.13. The molecular weight excluding hydrogens is 426 g/mol. The highest BCUT2D eigenvalue weighted by Gasteiger charge is 2.40. The van der Waals surface area contributed by atoms with E-state index in [9.17, 15) is 13.2 Å². The summed E-state index contributed by atoms with van der Waals surface area (Å²) in [7, 11) is -1.70. The molecule has 30 heavy (non-hydrogen) atoms. The van der Waals surface area contributed by atoms with Gasteiger partial charge in [0.15, 0.2) is 0 Å². The van der Waals surface area contributed by atoms with Gasteiger partial charge in [-0.1, -0.05) is 38.7 Å². The summed E-state index contributed by atoms with van der Waals surface area (Å²) in [6.45, 7) is 5.02. The van der Waals surface area contributed by atoms with Gasteiger partial charge in [0.05, 0.1) is 12.6 Å². The van der Waals surface area contributed by atoms with Crippen LogP contribution < -0.4 is 5.32 Å². The summed E-state index contributed by atoms with van der Waals surface area (Å²) in [5, 5.41) is 4.54. The smallest absolute Gasteiger partial charge is 0.236 e. The summed E-state index contributed by atoms with van der Waals surface area (Å²) in [6, 6.07) is 0.114. The number of nitrogens with one attached hydrogen (secondary N) is 1. The average molecular weight is 462 g/mol. The Hall–Kier alpha value is -0.670. The molecule has 3 fully saturated rings. The molecule has 1 heterocycles. The summed E-state index contributed by atoms with van der Waals surface area (Å²) < 4.78 is 30.8. The maximum Gasteiger partial charge on any atom is 0.236 e. The van der Waals surface area contributed by atoms with Gasteiger partial charge in [-0.2, -0.15) is 4.31 Å². The minimum Gasteiger partial charge on any atom is -0.380 e. The van der Waals surface area contributed by atoms with Crippen LogP contribution in [-0.4, -0.2) is 80.9 Å². The van der Waals surface area contributed by atoms with E-state index in [1.807, 2.05) is 0 Å². The fraction of sp³-hybridized carbons (Fsp3) is 0.857. The standard InChI is InChI=1S/C21H36ClN3O4S/c1-3-30(27,28)25-11-9-24(10-12-25)21(26)15-23-19-13-17(16-7-5-4-6-8-16)18(22)14-20(19)29-2/h3,16-20,23H,1,4-15H2,2H3. The molecule has 7 nitrogen and oxygen atoms in total. The molecule has 0 aromatic carbocycles. The van der Waals surface area contributed by atoms with Crippen molar-refractivity contribution in [2.45, 2.75) is 62.5 Å². The lowest BCUT2D eigenvalue weighted by Crippen LogP contribution is -2.55. The predicted octanol–water partition coefficient (Wildman–Crippen LogP) is 2.17. The highest BCUT2D eigenvalue weighted by molar-refractivity contribution is 7.92. The van der Waals surface area contributed by atoms with Gasteiger partial charge < -0.3 is 15.0 Å². The largest absolute Gasteiger partial charge is 0.380 e. The SMILES string of the molecule is C=CS(=O)(=O)N1CCN(C(=O)CNC2CC(C3CCCCC3)C(Cl)CC2OC)CC1. The average Bonchev–Trinajstić information content (AvgIpc) is 2.78. The number of methoxy groups -OCH3 is 1. The molecule has 172 valence electrons. The number of carbonyl (C=O) groups excluding carboxylic acids is 1. The highest BCUT2D eigenvalue weighted by Crippen LogP contribution is 2.41. The van der Waals surface area contributed by atoms with Crippen molar-refractivity contribution in [1.82, 2.24) is 14.5 Å². The zero-order chi connectivity index (χ0) is 21.7. The first-order valence-electron chi connectivity index (χ1n) is 11.2. The first-order valence-corrected chi connectivity index (χ1v) is 13.1. The van der Waals surface area contributed by atoms with E-state index < -0.39 is 10.0 Å². The summed E-state index contributed by atoms with van der Waals surface area (Å²) in [5.74, 6) is 1.15. The zero-order valence-electron chi connectivity index (χ0n) is 18.0. The Kier molecular flexibility index (Phi) is 8.61. The Balaban J connectivity index is 1.51. The Labute approximate surface area is 186 Å². The number of sulfonamides is 1. The molecule has 0 aromatic rings. The molecule has 0 radical (unpaired) electrons. The van der Waals surface area contributed by atoms with Crippen LogP contribution in [-0.2, 0) is 19.6 Å². The van der Waals surface area contributed by atoms with Gasteiger partial charge in [0.1, 0.15) is 0 Å². The van der Waals surface area contributed by atoms with Crippen molar-refractivity contribution in [2.75, 3.05) is 39.8 Å². The number of ether oxygens (including phenoxy) is 1. The van der Waals surface area contributed by atoms with Gasteiger partial charge in [-0.25, -0.2) is 8.42 Å². The van der Waals surface area contributed by atoms with E-state index in [0.717, 1.165) is 18.2 Å². The topological polar surface area (TPSA) is 79.0 Å². The van der Waals surface area contributed by atoms with Gasteiger partial charge in [-0.15, -0.1) is 11.6 Å². The van der Waals surface area contributed by atoms with Crippen LogP contribution in [0.4, 0.5) is 0 Å². The first-order chi connectivity index (χ1) is 14.4. The lowest BCUT2D eigenvalue weighted by molar-refractivity contribution is -0.131. The zero-order valence-corrected chi connectivity index (χ0v) is 19.5. The fourth-order valence-electron chi connectivity index (χ4n) is 5.31. The Morgan fingerprint density at radius 2 is 1.83 bits per heavy atom. The molecule has 2 saturated carbocycles. The van der Waals surface area contributed by atoms with Crippen LogP contribution in [0.5, 0.6) is 0 Å². The summed E-state index contributed by atoms with van der Waals surface area (Å²) in [6.07, 6.45) is 8.19. The van der Waals surface area contributed by atoms with E-state index in [-0.39, 0.29) is 30.0 Å². The van der Waals surface area contributed by atoms with Crippen LogP contribution in [0.25, 0.3) is 0 Å². The van der Waals surface area contributed by atoms with Crippen molar-refractivity contribution in [3.05, 3.63) is 12.0 Å². The number of hydrogen-bond acceptors (Lipinski definition) is 5. The monoisotopic (exact) mass is 461 g/mol. The van der Waals surface area contributed by atoms with Crippen LogP contribution in [0.3, 0.4) is 0 Å². The third-order valence-corrected chi connectivity index (χ3v) is 9.14. The lowest BCUT2D eigenvalue weighted by atomic mass is 9.71. The van der Waals surface area contributed by atoms with E-state index >= 15 is 0 Å². The first kappa shape index (κ1) is 24.0. The number of carbonyl (C=O) groups is 1. The number of halogens is 1. The third kappa shape index (κ3) is 5.76. The van der Waals surface area contributed by atoms with Crippen LogP contribution in [0.1, 0.15) is 44.9 Å². The van der Waals surface area contributed by atoms with Gasteiger partial charge in [0.25, 0.3) is 0 Å². The summed E-state index contributed by atoms with van der Waals surface area (Å²) in [5.41, 5.74) is 0. The summed E-state index contributed by atoms with van der Waals surface area (Å²) in [4.78, 5) is 14.4. The molecule has 9 heteroatoms.